The van der Waals surface area contributed by atoms with Crippen molar-refractivity contribution in [3.05, 3.63) is 0 Å². The fourth-order valence-electron chi connectivity index (χ4n) is 4.97. The Morgan fingerprint density at radius 1 is 1.00 bits per heavy atom. The first-order valence-electron chi connectivity index (χ1n) is 8.90. The fourth-order valence-corrected chi connectivity index (χ4v) is 4.97. The summed E-state index contributed by atoms with van der Waals surface area (Å²) in [6.07, 6.45) is 8.51. The molecule has 2 aliphatic rings. The standard InChI is InChI=1S/C18H36N2/c1-13-10-15(3)16(17(11-13)19-4)12-20(5)18-9-7-6-8-14(18)2/h13-19H,6-12H2,1-5H3. The minimum absolute atomic E-state index is 0.718. The maximum absolute atomic E-state index is 3.61. The molecule has 118 valence electrons. The first-order chi connectivity index (χ1) is 9.52. The predicted octanol–water partition coefficient (Wildman–Crippen LogP) is 3.77. The fraction of sp³-hybridized carbons (Fsp3) is 1.00. The molecule has 0 aromatic carbocycles. The van der Waals surface area contributed by atoms with Gasteiger partial charge in [0.15, 0.2) is 0 Å². The highest BCUT2D eigenvalue weighted by molar-refractivity contribution is 4.90. The smallest absolute Gasteiger partial charge is 0.0118 e. The molecule has 6 atom stereocenters. The molecule has 0 radical (unpaired) electrons. The summed E-state index contributed by atoms with van der Waals surface area (Å²) in [4.78, 5) is 2.70. The van der Waals surface area contributed by atoms with Crippen LogP contribution in [-0.4, -0.2) is 37.6 Å². The molecule has 0 aromatic rings. The average Bonchev–Trinajstić information content (AvgIpc) is 2.41. The summed E-state index contributed by atoms with van der Waals surface area (Å²) in [5.41, 5.74) is 0. The van der Waals surface area contributed by atoms with Gasteiger partial charge in [0, 0.05) is 18.6 Å². The van der Waals surface area contributed by atoms with Gasteiger partial charge in [-0.15, -0.1) is 0 Å². The molecule has 0 bridgehead atoms. The van der Waals surface area contributed by atoms with Gasteiger partial charge in [-0.3, -0.25) is 0 Å². The zero-order chi connectivity index (χ0) is 14.7. The molecule has 2 saturated carbocycles. The Labute approximate surface area is 126 Å². The molecule has 2 fully saturated rings. The van der Waals surface area contributed by atoms with Crippen molar-refractivity contribution in [3.8, 4) is 0 Å². The van der Waals surface area contributed by atoms with Crippen LogP contribution in [0.25, 0.3) is 0 Å². The van der Waals surface area contributed by atoms with Crippen LogP contribution in [0.5, 0.6) is 0 Å². The van der Waals surface area contributed by atoms with Crippen LogP contribution in [0.4, 0.5) is 0 Å². The van der Waals surface area contributed by atoms with E-state index in [0.717, 1.165) is 35.8 Å². The summed E-state index contributed by atoms with van der Waals surface area (Å²) in [5, 5.41) is 3.61. The van der Waals surface area contributed by atoms with E-state index in [1.807, 2.05) is 0 Å². The van der Waals surface area contributed by atoms with Crippen molar-refractivity contribution < 1.29 is 0 Å². The van der Waals surface area contributed by atoms with Crippen LogP contribution in [0.15, 0.2) is 0 Å². The normalized spacial score (nSPS) is 42.9. The summed E-state index contributed by atoms with van der Waals surface area (Å²) in [6.45, 7) is 8.64. The topological polar surface area (TPSA) is 15.3 Å². The van der Waals surface area contributed by atoms with Crippen molar-refractivity contribution in [3.63, 3.8) is 0 Å². The molecule has 2 heteroatoms. The van der Waals surface area contributed by atoms with Gasteiger partial charge in [-0.2, -0.15) is 0 Å². The molecular formula is C18H36N2. The second-order valence-electron chi connectivity index (χ2n) is 7.88. The highest BCUT2D eigenvalue weighted by Crippen LogP contribution is 2.35. The molecule has 20 heavy (non-hydrogen) atoms. The Morgan fingerprint density at radius 3 is 2.35 bits per heavy atom. The van der Waals surface area contributed by atoms with Gasteiger partial charge in [0.25, 0.3) is 0 Å². The van der Waals surface area contributed by atoms with Crippen molar-refractivity contribution in [2.75, 3.05) is 20.6 Å². The Morgan fingerprint density at radius 2 is 1.70 bits per heavy atom. The second kappa shape index (κ2) is 7.26. The molecule has 0 spiro atoms. The van der Waals surface area contributed by atoms with Gasteiger partial charge in [0.1, 0.15) is 0 Å². The van der Waals surface area contributed by atoms with Crippen molar-refractivity contribution >= 4 is 0 Å². The number of hydrogen-bond acceptors (Lipinski definition) is 2. The summed E-state index contributed by atoms with van der Waals surface area (Å²) in [6, 6.07) is 1.54. The first kappa shape index (κ1) is 16.3. The molecule has 6 unspecified atom stereocenters. The second-order valence-corrected chi connectivity index (χ2v) is 7.88. The number of nitrogens with zero attached hydrogens (tertiary/aromatic N) is 1. The zero-order valence-corrected chi connectivity index (χ0v) is 14.4. The van der Waals surface area contributed by atoms with Crippen LogP contribution in [0, 0.1) is 23.7 Å². The van der Waals surface area contributed by atoms with E-state index < -0.39 is 0 Å². The minimum Gasteiger partial charge on any atom is -0.317 e. The van der Waals surface area contributed by atoms with Crippen molar-refractivity contribution in [2.24, 2.45) is 23.7 Å². The van der Waals surface area contributed by atoms with E-state index >= 15 is 0 Å². The SMILES string of the molecule is CNC1CC(C)CC(C)C1CN(C)C1CCCCC1C. The largest absolute Gasteiger partial charge is 0.317 e. The molecule has 2 rings (SSSR count). The highest BCUT2D eigenvalue weighted by atomic mass is 15.1. The Balaban J connectivity index is 1.95. The van der Waals surface area contributed by atoms with Crippen LogP contribution in [-0.2, 0) is 0 Å². The predicted molar refractivity (Wildman–Crippen MR) is 87.9 cm³/mol. The van der Waals surface area contributed by atoms with Gasteiger partial charge in [-0.25, -0.2) is 0 Å². The molecule has 0 heterocycles. The van der Waals surface area contributed by atoms with Gasteiger partial charge in [0.05, 0.1) is 0 Å². The lowest BCUT2D eigenvalue weighted by molar-refractivity contribution is 0.0685. The number of rotatable bonds is 4. The van der Waals surface area contributed by atoms with Crippen molar-refractivity contribution in [1.29, 1.82) is 0 Å². The van der Waals surface area contributed by atoms with E-state index in [2.05, 4.69) is 45.1 Å². The van der Waals surface area contributed by atoms with Crippen LogP contribution in [0.1, 0.15) is 59.3 Å². The Bertz CT molecular complexity index is 291. The van der Waals surface area contributed by atoms with E-state index in [1.165, 1.54) is 45.1 Å². The Hall–Kier alpha value is -0.0800. The monoisotopic (exact) mass is 280 g/mol. The van der Waals surface area contributed by atoms with Gasteiger partial charge in [0.2, 0.25) is 0 Å². The lowest BCUT2D eigenvalue weighted by atomic mass is 9.72. The molecule has 2 aliphatic carbocycles. The maximum atomic E-state index is 3.61. The van der Waals surface area contributed by atoms with Crippen LogP contribution < -0.4 is 5.32 Å². The molecule has 1 N–H and O–H groups in total. The third kappa shape index (κ3) is 3.76. The van der Waals surface area contributed by atoms with Crippen molar-refractivity contribution in [1.82, 2.24) is 10.2 Å². The molecule has 0 saturated heterocycles. The minimum atomic E-state index is 0.718. The van der Waals surface area contributed by atoms with Crippen LogP contribution >= 0.6 is 0 Å². The van der Waals surface area contributed by atoms with E-state index in [-0.39, 0.29) is 0 Å². The Kier molecular flexibility index (Phi) is 5.92. The highest BCUT2D eigenvalue weighted by Gasteiger charge is 2.35. The van der Waals surface area contributed by atoms with Gasteiger partial charge >= 0.3 is 0 Å². The first-order valence-corrected chi connectivity index (χ1v) is 8.90. The van der Waals surface area contributed by atoms with E-state index in [4.69, 9.17) is 0 Å². The van der Waals surface area contributed by atoms with Crippen LogP contribution in [0.2, 0.25) is 0 Å². The maximum Gasteiger partial charge on any atom is 0.0118 e. The zero-order valence-electron chi connectivity index (χ0n) is 14.4. The summed E-state index contributed by atoms with van der Waals surface area (Å²) < 4.78 is 0. The van der Waals surface area contributed by atoms with Gasteiger partial charge in [-0.1, -0.05) is 33.6 Å². The molecule has 0 aliphatic heterocycles. The summed E-state index contributed by atoms with van der Waals surface area (Å²) in [5.74, 6) is 3.46. The summed E-state index contributed by atoms with van der Waals surface area (Å²) >= 11 is 0. The van der Waals surface area contributed by atoms with E-state index in [0.29, 0.717) is 0 Å². The molecule has 0 amide bonds. The lowest BCUT2D eigenvalue weighted by Crippen LogP contribution is -2.50. The number of nitrogens with one attached hydrogen (secondary N) is 1. The van der Waals surface area contributed by atoms with Crippen molar-refractivity contribution in [2.45, 2.75) is 71.4 Å². The third-order valence-electron chi connectivity index (χ3n) is 6.18. The lowest BCUT2D eigenvalue weighted by Gasteiger charge is -2.44. The van der Waals surface area contributed by atoms with Gasteiger partial charge in [-0.05, 0) is 63.5 Å². The quantitative estimate of drug-likeness (QED) is 0.843. The average molecular weight is 280 g/mol. The van der Waals surface area contributed by atoms with Gasteiger partial charge < -0.3 is 10.2 Å². The molecule has 2 nitrogen and oxygen atoms in total. The molecular weight excluding hydrogens is 244 g/mol. The number of hydrogen-bond donors (Lipinski definition) is 1. The summed E-state index contributed by atoms with van der Waals surface area (Å²) in [7, 11) is 4.54. The van der Waals surface area contributed by atoms with E-state index in [1.54, 1.807) is 0 Å². The third-order valence-corrected chi connectivity index (χ3v) is 6.18. The van der Waals surface area contributed by atoms with E-state index in [9.17, 15) is 0 Å². The molecule has 0 aromatic heterocycles. The van der Waals surface area contributed by atoms with Crippen LogP contribution in [0.3, 0.4) is 0 Å².